The number of epoxide rings is 1. The minimum absolute atomic E-state index is 0.457. The van der Waals surface area contributed by atoms with E-state index in [9.17, 15) is 0 Å². The summed E-state index contributed by atoms with van der Waals surface area (Å²) >= 11 is 0. The smallest absolute Gasteiger partial charge is 0.0936 e. The van der Waals surface area contributed by atoms with Gasteiger partial charge in [0, 0.05) is 19.6 Å². The maximum Gasteiger partial charge on any atom is 0.0936 e. The molecule has 13 heavy (non-hydrogen) atoms. The lowest BCUT2D eigenvalue weighted by Gasteiger charge is -2.21. The molecule has 1 aliphatic heterocycles. The molecule has 1 saturated heterocycles. The molecule has 2 nitrogen and oxygen atoms in total. The first kappa shape index (κ1) is 10.5. The van der Waals surface area contributed by atoms with Crippen molar-refractivity contribution in [1.82, 2.24) is 4.90 Å². The Hall–Kier alpha value is -0.600. The summed E-state index contributed by atoms with van der Waals surface area (Å²) in [6.45, 7) is 15.8. The maximum atomic E-state index is 5.20. The van der Waals surface area contributed by atoms with Crippen molar-refractivity contribution in [2.45, 2.75) is 20.0 Å². The van der Waals surface area contributed by atoms with E-state index in [4.69, 9.17) is 4.74 Å². The van der Waals surface area contributed by atoms with E-state index in [0.717, 1.165) is 26.2 Å². The molecule has 0 spiro atoms. The van der Waals surface area contributed by atoms with Gasteiger partial charge in [-0.25, -0.2) is 0 Å². The Morgan fingerprint density at radius 1 is 1.31 bits per heavy atom. The van der Waals surface area contributed by atoms with Crippen molar-refractivity contribution in [2.75, 3.05) is 26.2 Å². The van der Waals surface area contributed by atoms with Crippen LogP contribution in [0.25, 0.3) is 0 Å². The fourth-order valence-corrected chi connectivity index (χ4v) is 1.41. The highest BCUT2D eigenvalue weighted by Gasteiger charge is 2.25. The maximum absolute atomic E-state index is 5.20. The first-order chi connectivity index (χ1) is 6.08. The molecule has 0 N–H and O–H groups in total. The molecule has 0 saturated carbocycles. The predicted octanol–water partition coefficient (Wildman–Crippen LogP) is 1.84. The fourth-order valence-electron chi connectivity index (χ4n) is 1.41. The predicted molar refractivity (Wildman–Crippen MR) is 55.8 cm³/mol. The van der Waals surface area contributed by atoms with E-state index in [1.165, 1.54) is 11.1 Å². The Morgan fingerprint density at radius 2 is 1.77 bits per heavy atom. The Morgan fingerprint density at radius 3 is 2.08 bits per heavy atom. The van der Waals surface area contributed by atoms with Gasteiger partial charge in [-0.05, 0) is 13.8 Å². The normalized spacial score (nSPS) is 20.4. The summed E-state index contributed by atoms with van der Waals surface area (Å²) in [6, 6.07) is 0. The van der Waals surface area contributed by atoms with Gasteiger partial charge < -0.3 is 4.74 Å². The van der Waals surface area contributed by atoms with Crippen molar-refractivity contribution in [1.29, 1.82) is 0 Å². The second-order valence-electron chi connectivity index (χ2n) is 4.04. The van der Waals surface area contributed by atoms with Crippen molar-refractivity contribution < 1.29 is 4.74 Å². The summed E-state index contributed by atoms with van der Waals surface area (Å²) in [6.07, 6.45) is 0.457. The van der Waals surface area contributed by atoms with Gasteiger partial charge in [0.05, 0.1) is 12.7 Å². The molecule has 0 radical (unpaired) electrons. The third-order valence-electron chi connectivity index (χ3n) is 1.85. The van der Waals surface area contributed by atoms with E-state index >= 15 is 0 Å². The highest BCUT2D eigenvalue weighted by molar-refractivity contribution is 4.98. The van der Waals surface area contributed by atoms with Gasteiger partial charge in [-0.1, -0.05) is 24.3 Å². The van der Waals surface area contributed by atoms with Gasteiger partial charge in [-0.2, -0.15) is 0 Å². The topological polar surface area (TPSA) is 15.8 Å². The minimum atomic E-state index is 0.457. The molecule has 0 aromatic carbocycles. The molecule has 1 fully saturated rings. The molecule has 1 rings (SSSR count). The lowest BCUT2D eigenvalue weighted by atomic mass is 10.2. The van der Waals surface area contributed by atoms with Gasteiger partial charge >= 0.3 is 0 Å². The molecule has 1 unspecified atom stereocenters. The van der Waals surface area contributed by atoms with Crippen LogP contribution in [0, 0.1) is 0 Å². The SMILES string of the molecule is C=C(C)CN(CC(=C)C)CC1CO1. The molecule has 2 heteroatoms. The summed E-state index contributed by atoms with van der Waals surface area (Å²) in [5.41, 5.74) is 2.39. The van der Waals surface area contributed by atoms with Crippen molar-refractivity contribution in [3.63, 3.8) is 0 Å². The lowest BCUT2D eigenvalue weighted by molar-refractivity contribution is 0.275. The summed E-state index contributed by atoms with van der Waals surface area (Å²) in [5.74, 6) is 0. The standard InChI is InChI=1S/C11H19NO/c1-9(2)5-12(6-10(3)4)7-11-8-13-11/h11H,1,3,5-8H2,2,4H3. The zero-order chi connectivity index (χ0) is 9.84. The lowest BCUT2D eigenvalue weighted by Crippen LogP contribution is -2.30. The van der Waals surface area contributed by atoms with Gasteiger partial charge in [0.25, 0.3) is 0 Å². The van der Waals surface area contributed by atoms with Crippen LogP contribution in [0.3, 0.4) is 0 Å². The van der Waals surface area contributed by atoms with Gasteiger partial charge in [-0.3, -0.25) is 4.90 Å². The largest absolute Gasteiger partial charge is 0.372 e. The Balaban J connectivity index is 2.32. The minimum Gasteiger partial charge on any atom is -0.372 e. The molecule has 1 heterocycles. The van der Waals surface area contributed by atoms with E-state index in [2.05, 4.69) is 31.9 Å². The van der Waals surface area contributed by atoms with Crippen LogP contribution >= 0.6 is 0 Å². The van der Waals surface area contributed by atoms with Crippen LogP contribution < -0.4 is 0 Å². The molecule has 1 aliphatic rings. The fraction of sp³-hybridized carbons (Fsp3) is 0.636. The van der Waals surface area contributed by atoms with Crippen LogP contribution in [0.4, 0.5) is 0 Å². The van der Waals surface area contributed by atoms with Crippen LogP contribution in [0.15, 0.2) is 24.3 Å². The van der Waals surface area contributed by atoms with Crippen LogP contribution in [0.1, 0.15) is 13.8 Å². The van der Waals surface area contributed by atoms with Crippen LogP contribution in [0.2, 0.25) is 0 Å². The first-order valence-corrected chi connectivity index (χ1v) is 4.70. The number of hydrogen-bond donors (Lipinski definition) is 0. The van der Waals surface area contributed by atoms with Crippen molar-refractivity contribution in [3.05, 3.63) is 24.3 Å². The van der Waals surface area contributed by atoms with Crippen molar-refractivity contribution >= 4 is 0 Å². The molecule has 1 atom stereocenters. The van der Waals surface area contributed by atoms with Gasteiger partial charge in [0.15, 0.2) is 0 Å². The molecule has 74 valence electrons. The Labute approximate surface area is 80.9 Å². The van der Waals surface area contributed by atoms with Crippen LogP contribution in [0.5, 0.6) is 0 Å². The number of rotatable bonds is 6. The average molecular weight is 181 g/mol. The average Bonchev–Trinajstić information content (AvgIpc) is 2.67. The molecule has 0 aliphatic carbocycles. The number of ether oxygens (including phenoxy) is 1. The van der Waals surface area contributed by atoms with E-state index in [-0.39, 0.29) is 0 Å². The molecular formula is C11H19NO. The van der Waals surface area contributed by atoms with Crippen molar-refractivity contribution in [3.8, 4) is 0 Å². The second kappa shape index (κ2) is 4.58. The summed E-state index contributed by atoms with van der Waals surface area (Å²) in [5, 5.41) is 0. The van der Waals surface area contributed by atoms with Gasteiger partial charge in [0.1, 0.15) is 0 Å². The quantitative estimate of drug-likeness (QED) is 0.459. The third kappa shape index (κ3) is 4.86. The highest BCUT2D eigenvalue weighted by Crippen LogP contribution is 2.12. The zero-order valence-electron chi connectivity index (χ0n) is 8.68. The molecule has 0 bridgehead atoms. The molecule has 0 aromatic rings. The van der Waals surface area contributed by atoms with Crippen LogP contribution in [-0.4, -0.2) is 37.2 Å². The molecule has 0 aromatic heterocycles. The molecule has 0 amide bonds. The molecular weight excluding hydrogens is 162 g/mol. The zero-order valence-corrected chi connectivity index (χ0v) is 8.68. The van der Waals surface area contributed by atoms with E-state index in [1.807, 2.05) is 0 Å². The number of nitrogens with zero attached hydrogens (tertiary/aromatic N) is 1. The summed E-state index contributed by atoms with van der Waals surface area (Å²) in [7, 11) is 0. The summed E-state index contributed by atoms with van der Waals surface area (Å²) < 4.78 is 5.20. The van der Waals surface area contributed by atoms with E-state index in [0.29, 0.717) is 6.10 Å². The summed E-state index contributed by atoms with van der Waals surface area (Å²) in [4.78, 5) is 2.34. The van der Waals surface area contributed by atoms with E-state index in [1.54, 1.807) is 0 Å². The van der Waals surface area contributed by atoms with Crippen LogP contribution in [-0.2, 0) is 4.74 Å². The second-order valence-corrected chi connectivity index (χ2v) is 4.04. The van der Waals surface area contributed by atoms with E-state index < -0.39 is 0 Å². The van der Waals surface area contributed by atoms with Crippen molar-refractivity contribution in [2.24, 2.45) is 0 Å². The highest BCUT2D eigenvalue weighted by atomic mass is 16.6. The monoisotopic (exact) mass is 181 g/mol. The third-order valence-corrected chi connectivity index (χ3v) is 1.85. The number of hydrogen-bond acceptors (Lipinski definition) is 2. The first-order valence-electron chi connectivity index (χ1n) is 4.70. The Kier molecular flexibility index (Phi) is 3.70. The van der Waals surface area contributed by atoms with Gasteiger partial charge in [0.2, 0.25) is 0 Å². The Bertz CT molecular complexity index is 190. The van der Waals surface area contributed by atoms with Gasteiger partial charge in [-0.15, -0.1) is 0 Å².